The van der Waals surface area contributed by atoms with Crippen molar-refractivity contribution in [3.05, 3.63) is 36.5 Å². The van der Waals surface area contributed by atoms with Crippen LogP contribution in [-0.4, -0.2) is 47.7 Å². The van der Waals surface area contributed by atoms with Crippen LogP contribution in [0.3, 0.4) is 0 Å². The van der Waals surface area contributed by atoms with Crippen LogP contribution in [0.15, 0.2) is 36.5 Å². The summed E-state index contributed by atoms with van der Waals surface area (Å²) in [4.78, 5) is 9.47. The van der Waals surface area contributed by atoms with Crippen molar-refractivity contribution in [2.24, 2.45) is 7.05 Å². The number of nitrogens with zero attached hydrogens (tertiary/aromatic N) is 4. The zero-order chi connectivity index (χ0) is 17.8. The molecule has 0 unspecified atom stereocenters. The summed E-state index contributed by atoms with van der Waals surface area (Å²) >= 11 is 0. The molecule has 4 heteroatoms. The molecule has 0 bridgehead atoms. The topological polar surface area (TPSA) is 24.3 Å². The van der Waals surface area contributed by atoms with Crippen LogP contribution in [-0.2, 0) is 7.05 Å². The quantitative estimate of drug-likeness (QED) is 0.573. The van der Waals surface area contributed by atoms with E-state index in [9.17, 15) is 0 Å². The van der Waals surface area contributed by atoms with Crippen LogP contribution >= 0.6 is 0 Å². The van der Waals surface area contributed by atoms with Gasteiger partial charge in [0, 0.05) is 36.9 Å². The zero-order valence-corrected chi connectivity index (χ0v) is 16.0. The van der Waals surface area contributed by atoms with Crippen LogP contribution in [0.2, 0.25) is 0 Å². The Balaban J connectivity index is 1.72. The second kappa shape index (κ2) is 7.87. The number of hydrogen-bond acceptors (Lipinski definition) is 3. The third-order valence-electron chi connectivity index (χ3n) is 5.29. The van der Waals surface area contributed by atoms with Crippen molar-refractivity contribution in [3.8, 4) is 0 Å². The summed E-state index contributed by atoms with van der Waals surface area (Å²) in [5.74, 6) is 1.06. The lowest BCUT2D eigenvalue weighted by atomic mass is 10.2. The fourth-order valence-corrected chi connectivity index (χ4v) is 3.59. The van der Waals surface area contributed by atoms with Crippen LogP contribution in [0.5, 0.6) is 0 Å². The molecule has 0 saturated carbocycles. The largest absolute Gasteiger partial charge is 0.360 e. The van der Waals surface area contributed by atoms with Crippen LogP contribution < -0.4 is 4.90 Å². The Kier molecular flexibility index (Phi) is 5.59. The van der Waals surface area contributed by atoms with Gasteiger partial charge in [0.25, 0.3) is 0 Å². The minimum atomic E-state index is 1.05. The molecule has 0 N–H and O–H groups in total. The van der Waals surface area contributed by atoms with E-state index in [4.69, 9.17) is 4.98 Å². The molecule has 0 spiro atoms. The van der Waals surface area contributed by atoms with E-state index in [1.807, 2.05) is 6.20 Å². The molecule has 3 rings (SSSR count). The van der Waals surface area contributed by atoms with E-state index in [0.29, 0.717) is 0 Å². The Labute approximate surface area is 151 Å². The summed E-state index contributed by atoms with van der Waals surface area (Å²) in [6.07, 6.45) is 4.45. The van der Waals surface area contributed by atoms with Gasteiger partial charge in [-0.15, -0.1) is 0 Å². The fourth-order valence-electron chi connectivity index (χ4n) is 3.59. The molecule has 0 atom stereocenters. The molecule has 134 valence electrons. The van der Waals surface area contributed by atoms with Gasteiger partial charge in [0.05, 0.1) is 11.7 Å². The number of rotatable bonds is 8. The van der Waals surface area contributed by atoms with E-state index < -0.39 is 0 Å². The maximum atomic E-state index is 4.70. The number of pyridine rings is 1. The van der Waals surface area contributed by atoms with E-state index in [1.165, 1.54) is 41.2 Å². The molecule has 0 aliphatic rings. The van der Waals surface area contributed by atoms with Crippen LogP contribution in [0.1, 0.15) is 26.7 Å². The molecule has 2 heterocycles. The van der Waals surface area contributed by atoms with Crippen LogP contribution in [0.25, 0.3) is 21.8 Å². The Hall–Kier alpha value is -2.07. The first-order valence-electron chi connectivity index (χ1n) is 9.42. The molecule has 0 aliphatic heterocycles. The van der Waals surface area contributed by atoms with Gasteiger partial charge >= 0.3 is 0 Å². The lowest BCUT2D eigenvalue weighted by Crippen LogP contribution is -2.25. The van der Waals surface area contributed by atoms with E-state index in [-0.39, 0.29) is 0 Å². The summed E-state index contributed by atoms with van der Waals surface area (Å²) < 4.78 is 2.23. The molecular weight excluding hydrogens is 308 g/mol. The van der Waals surface area contributed by atoms with Crippen molar-refractivity contribution in [1.29, 1.82) is 0 Å². The van der Waals surface area contributed by atoms with Gasteiger partial charge in [-0.05, 0) is 44.6 Å². The van der Waals surface area contributed by atoms with Gasteiger partial charge in [0.15, 0.2) is 0 Å². The zero-order valence-electron chi connectivity index (χ0n) is 16.0. The summed E-state index contributed by atoms with van der Waals surface area (Å²) in [5.41, 5.74) is 2.46. The number of hydrogen-bond donors (Lipinski definition) is 0. The fraction of sp³-hybridized carbons (Fsp3) is 0.476. The SMILES string of the molecule is CCN(CC)CCCCN(C)c1cc2c3ccccc3n(C)c2cn1. The van der Waals surface area contributed by atoms with Crippen LogP contribution in [0.4, 0.5) is 5.82 Å². The molecular formula is C21H30N4. The lowest BCUT2D eigenvalue weighted by Gasteiger charge is -2.21. The number of anilines is 1. The Morgan fingerprint density at radius 2 is 1.68 bits per heavy atom. The number of fused-ring (bicyclic) bond motifs is 3. The average molecular weight is 338 g/mol. The van der Waals surface area contributed by atoms with Gasteiger partial charge in [-0.2, -0.15) is 0 Å². The number of para-hydroxylation sites is 1. The predicted octanol–water partition coefficient (Wildman–Crippen LogP) is 4.28. The molecule has 0 radical (unpaired) electrons. The molecule has 4 nitrogen and oxygen atoms in total. The van der Waals surface area contributed by atoms with Gasteiger partial charge in [-0.25, -0.2) is 4.98 Å². The standard InChI is InChI=1S/C21H30N4/c1-5-25(6-2)14-10-9-13-23(3)21-15-18-17-11-7-8-12-19(17)24(4)20(18)16-22-21/h7-8,11-12,15-16H,5-6,9-10,13-14H2,1-4H3. The van der Waals surface area contributed by atoms with E-state index in [1.54, 1.807) is 0 Å². The minimum Gasteiger partial charge on any atom is -0.360 e. The van der Waals surface area contributed by atoms with Crippen molar-refractivity contribution in [3.63, 3.8) is 0 Å². The van der Waals surface area contributed by atoms with Crippen molar-refractivity contribution in [2.45, 2.75) is 26.7 Å². The molecule has 0 fully saturated rings. The highest BCUT2D eigenvalue weighted by Gasteiger charge is 2.11. The maximum Gasteiger partial charge on any atom is 0.128 e. The first-order valence-corrected chi connectivity index (χ1v) is 9.42. The first kappa shape index (κ1) is 17.7. The molecule has 0 amide bonds. The summed E-state index contributed by atoms with van der Waals surface area (Å²) in [5, 5.41) is 2.59. The molecule has 1 aromatic carbocycles. The highest BCUT2D eigenvalue weighted by molar-refractivity contribution is 6.08. The highest BCUT2D eigenvalue weighted by Crippen LogP contribution is 2.29. The van der Waals surface area contributed by atoms with Crippen molar-refractivity contribution < 1.29 is 0 Å². The number of aromatic nitrogens is 2. The molecule has 0 saturated heterocycles. The van der Waals surface area contributed by atoms with Crippen LogP contribution in [0, 0.1) is 0 Å². The van der Waals surface area contributed by atoms with Gasteiger partial charge in [-0.1, -0.05) is 32.0 Å². The smallest absolute Gasteiger partial charge is 0.128 e. The predicted molar refractivity (Wildman–Crippen MR) is 109 cm³/mol. The monoisotopic (exact) mass is 338 g/mol. The van der Waals surface area contributed by atoms with E-state index in [0.717, 1.165) is 25.5 Å². The van der Waals surface area contributed by atoms with E-state index >= 15 is 0 Å². The third-order valence-corrected chi connectivity index (χ3v) is 5.29. The number of unbranched alkanes of at least 4 members (excludes halogenated alkanes) is 1. The van der Waals surface area contributed by atoms with Gasteiger partial charge in [-0.3, -0.25) is 0 Å². The Morgan fingerprint density at radius 3 is 2.44 bits per heavy atom. The normalized spacial score (nSPS) is 11.7. The molecule has 25 heavy (non-hydrogen) atoms. The maximum absolute atomic E-state index is 4.70. The Bertz CT molecular complexity index is 832. The molecule has 0 aliphatic carbocycles. The summed E-state index contributed by atoms with van der Waals surface area (Å²) in [6.45, 7) is 9.00. The van der Waals surface area contributed by atoms with Crippen molar-refractivity contribution in [2.75, 3.05) is 38.1 Å². The van der Waals surface area contributed by atoms with Gasteiger partial charge < -0.3 is 14.4 Å². The molecule has 3 aromatic rings. The first-order chi connectivity index (χ1) is 12.2. The third kappa shape index (κ3) is 3.64. The number of aryl methyl sites for hydroxylation is 1. The second-order valence-corrected chi connectivity index (χ2v) is 6.79. The highest BCUT2D eigenvalue weighted by atomic mass is 15.2. The summed E-state index contributed by atoms with van der Waals surface area (Å²) in [7, 11) is 4.26. The van der Waals surface area contributed by atoms with Crippen molar-refractivity contribution >= 4 is 27.6 Å². The molecule has 2 aromatic heterocycles. The summed E-state index contributed by atoms with van der Waals surface area (Å²) in [6, 6.07) is 10.8. The number of benzene rings is 1. The van der Waals surface area contributed by atoms with E-state index in [2.05, 4.69) is 72.6 Å². The van der Waals surface area contributed by atoms with Gasteiger partial charge in [0.2, 0.25) is 0 Å². The Morgan fingerprint density at radius 1 is 0.960 bits per heavy atom. The average Bonchev–Trinajstić information content (AvgIpc) is 2.94. The van der Waals surface area contributed by atoms with Gasteiger partial charge in [0.1, 0.15) is 5.82 Å². The lowest BCUT2D eigenvalue weighted by molar-refractivity contribution is 0.297. The minimum absolute atomic E-state index is 1.05. The second-order valence-electron chi connectivity index (χ2n) is 6.79. The van der Waals surface area contributed by atoms with Crippen molar-refractivity contribution in [1.82, 2.24) is 14.5 Å².